The van der Waals surface area contributed by atoms with Gasteiger partial charge in [-0.1, -0.05) is 12.0 Å². The van der Waals surface area contributed by atoms with Crippen LogP contribution in [-0.4, -0.2) is 4.92 Å². The van der Waals surface area contributed by atoms with Crippen molar-refractivity contribution in [2.75, 3.05) is 0 Å². The van der Waals surface area contributed by atoms with Crippen LogP contribution in [0.1, 0.15) is 5.56 Å². The summed E-state index contributed by atoms with van der Waals surface area (Å²) in [4.78, 5) is 9.82. The molecule has 1 aromatic carbocycles. The molecule has 0 amide bonds. The van der Waals surface area contributed by atoms with Crippen LogP contribution in [0.5, 0.6) is 0 Å². The van der Waals surface area contributed by atoms with Crippen molar-refractivity contribution >= 4 is 5.69 Å². The van der Waals surface area contributed by atoms with Gasteiger partial charge in [0, 0.05) is 23.6 Å². The first-order chi connectivity index (χ1) is 6.24. The summed E-state index contributed by atoms with van der Waals surface area (Å²) in [5, 5.41) is 18.5. The minimum absolute atomic E-state index is 0.0234. The molecule has 0 aliphatic heterocycles. The quantitative estimate of drug-likeness (QED) is 0.366. The molecule has 0 aliphatic carbocycles. The van der Waals surface area contributed by atoms with E-state index in [4.69, 9.17) is 5.26 Å². The van der Waals surface area contributed by atoms with Crippen LogP contribution in [-0.2, 0) is 0 Å². The van der Waals surface area contributed by atoms with Gasteiger partial charge in [0.15, 0.2) is 6.07 Å². The van der Waals surface area contributed by atoms with Gasteiger partial charge in [0.2, 0.25) is 0 Å². The van der Waals surface area contributed by atoms with Crippen LogP contribution in [0.25, 0.3) is 0 Å². The molecule has 0 saturated heterocycles. The number of nitrogens with zero attached hydrogens (tertiary/aromatic N) is 2. The summed E-state index contributed by atoms with van der Waals surface area (Å²) in [5.74, 6) is 4.64. The van der Waals surface area contributed by atoms with Gasteiger partial charge in [0.25, 0.3) is 5.69 Å². The summed E-state index contributed by atoms with van der Waals surface area (Å²) < 4.78 is 0. The SMILES string of the molecule is N#CC#Cc1cccc([N+](=O)[O-])c1. The van der Waals surface area contributed by atoms with Crippen LogP contribution < -0.4 is 0 Å². The van der Waals surface area contributed by atoms with Crippen molar-refractivity contribution in [3.8, 4) is 17.9 Å². The smallest absolute Gasteiger partial charge is 0.258 e. The molecule has 0 radical (unpaired) electrons. The van der Waals surface area contributed by atoms with Crippen molar-refractivity contribution in [1.29, 1.82) is 5.26 Å². The Kier molecular flexibility index (Phi) is 2.62. The molecular formula is C9H4N2O2. The molecule has 0 N–H and O–H groups in total. The van der Waals surface area contributed by atoms with Gasteiger partial charge < -0.3 is 0 Å². The van der Waals surface area contributed by atoms with E-state index in [9.17, 15) is 10.1 Å². The number of rotatable bonds is 1. The van der Waals surface area contributed by atoms with Crippen LogP contribution in [0.3, 0.4) is 0 Å². The fourth-order valence-corrected chi connectivity index (χ4v) is 0.797. The molecular weight excluding hydrogens is 168 g/mol. The lowest BCUT2D eigenvalue weighted by Crippen LogP contribution is -1.87. The zero-order chi connectivity index (χ0) is 9.68. The first kappa shape index (κ1) is 8.76. The summed E-state index contributed by atoms with van der Waals surface area (Å²) in [5.41, 5.74) is 0.445. The Hall–Kier alpha value is -2.33. The Morgan fingerprint density at radius 1 is 1.46 bits per heavy atom. The summed E-state index contributed by atoms with van der Waals surface area (Å²) in [7, 11) is 0. The Labute approximate surface area is 74.6 Å². The normalized spacial score (nSPS) is 7.92. The molecule has 0 aromatic heterocycles. The van der Waals surface area contributed by atoms with Crippen molar-refractivity contribution < 1.29 is 4.92 Å². The highest BCUT2D eigenvalue weighted by Gasteiger charge is 2.03. The Morgan fingerprint density at radius 3 is 2.85 bits per heavy atom. The average Bonchev–Trinajstić information content (AvgIpc) is 2.15. The highest BCUT2D eigenvalue weighted by atomic mass is 16.6. The maximum atomic E-state index is 10.3. The largest absolute Gasteiger partial charge is 0.270 e. The van der Waals surface area contributed by atoms with E-state index < -0.39 is 4.92 Å². The van der Waals surface area contributed by atoms with E-state index in [-0.39, 0.29) is 5.69 Å². The molecule has 1 aromatic rings. The van der Waals surface area contributed by atoms with Crippen LogP contribution in [0.4, 0.5) is 5.69 Å². The van der Waals surface area contributed by atoms with Gasteiger partial charge in [-0.15, -0.1) is 0 Å². The van der Waals surface area contributed by atoms with Crippen LogP contribution in [0.15, 0.2) is 24.3 Å². The number of hydrogen-bond donors (Lipinski definition) is 0. The van der Waals surface area contributed by atoms with E-state index in [0.29, 0.717) is 5.56 Å². The van der Waals surface area contributed by atoms with Crippen molar-refractivity contribution in [3.63, 3.8) is 0 Å². The van der Waals surface area contributed by atoms with Crippen molar-refractivity contribution in [2.24, 2.45) is 0 Å². The van der Waals surface area contributed by atoms with Crippen LogP contribution in [0.2, 0.25) is 0 Å². The minimum atomic E-state index is -0.502. The molecule has 0 fully saturated rings. The molecule has 13 heavy (non-hydrogen) atoms. The Bertz CT molecular complexity index is 435. The second-order valence-electron chi connectivity index (χ2n) is 2.17. The third kappa shape index (κ3) is 2.32. The van der Waals surface area contributed by atoms with Gasteiger partial charge in [0.05, 0.1) is 4.92 Å². The molecule has 0 saturated carbocycles. The third-order valence-electron chi connectivity index (χ3n) is 1.32. The maximum absolute atomic E-state index is 10.3. The van der Waals surface area contributed by atoms with Crippen LogP contribution >= 0.6 is 0 Å². The first-order valence-electron chi connectivity index (χ1n) is 3.38. The lowest BCUT2D eigenvalue weighted by molar-refractivity contribution is -0.384. The number of nitro benzene ring substituents is 1. The van der Waals surface area contributed by atoms with Gasteiger partial charge in [-0.05, 0) is 6.07 Å². The number of benzene rings is 1. The molecule has 0 heterocycles. The van der Waals surface area contributed by atoms with Crippen molar-refractivity contribution in [3.05, 3.63) is 39.9 Å². The molecule has 0 aliphatic rings. The second-order valence-corrected chi connectivity index (χ2v) is 2.17. The average molecular weight is 172 g/mol. The topological polar surface area (TPSA) is 66.9 Å². The second kappa shape index (κ2) is 3.89. The van der Waals surface area contributed by atoms with E-state index in [1.165, 1.54) is 18.2 Å². The molecule has 1 rings (SSSR count). The number of non-ortho nitro benzene ring substituents is 1. The Morgan fingerprint density at radius 2 is 2.23 bits per heavy atom. The first-order valence-corrected chi connectivity index (χ1v) is 3.38. The van der Waals surface area contributed by atoms with Gasteiger partial charge in [-0.25, -0.2) is 0 Å². The van der Waals surface area contributed by atoms with Gasteiger partial charge in [-0.2, -0.15) is 5.26 Å². The van der Waals surface area contributed by atoms with E-state index in [1.807, 2.05) is 0 Å². The van der Waals surface area contributed by atoms with Crippen molar-refractivity contribution in [2.45, 2.75) is 0 Å². The monoisotopic (exact) mass is 172 g/mol. The maximum Gasteiger partial charge on any atom is 0.270 e. The Balaban J connectivity index is 3.07. The standard InChI is InChI=1S/C9H4N2O2/c10-6-2-4-8-3-1-5-9(7-8)11(12)13/h1,3,5,7H. The lowest BCUT2D eigenvalue weighted by Gasteiger charge is -1.90. The number of nitro groups is 1. The van der Waals surface area contributed by atoms with E-state index in [1.54, 1.807) is 12.1 Å². The molecule has 62 valence electrons. The molecule has 0 unspecified atom stereocenters. The highest BCUT2D eigenvalue weighted by Crippen LogP contribution is 2.11. The molecule has 4 nitrogen and oxygen atoms in total. The fraction of sp³-hybridized carbons (Fsp3) is 0. The van der Waals surface area contributed by atoms with Crippen molar-refractivity contribution in [1.82, 2.24) is 0 Å². The minimum Gasteiger partial charge on any atom is -0.258 e. The predicted molar refractivity (Wildman–Crippen MR) is 45.6 cm³/mol. The summed E-state index contributed by atoms with van der Waals surface area (Å²) in [6, 6.07) is 7.47. The number of hydrogen-bond acceptors (Lipinski definition) is 3. The zero-order valence-electron chi connectivity index (χ0n) is 6.52. The molecule has 0 spiro atoms. The summed E-state index contributed by atoms with van der Waals surface area (Å²) >= 11 is 0. The van der Waals surface area contributed by atoms with Crippen LogP contribution in [0, 0.1) is 33.3 Å². The van der Waals surface area contributed by atoms with E-state index in [2.05, 4.69) is 11.8 Å². The summed E-state index contributed by atoms with van der Waals surface area (Å²) in [6.07, 6.45) is 0. The molecule has 0 atom stereocenters. The van der Waals surface area contributed by atoms with Gasteiger partial charge in [0.1, 0.15) is 0 Å². The summed E-state index contributed by atoms with van der Waals surface area (Å²) in [6.45, 7) is 0. The van der Waals surface area contributed by atoms with E-state index >= 15 is 0 Å². The number of nitriles is 1. The van der Waals surface area contributed by atoms with E-state index in [0.717, 1.165) is 0 Å². The highest BCUT2D eigenvalue weighted by molar-refractivity contribution is 5.44. The van der Waals surface area contributed by atoms with Gasteiger partial charge in [-0.3, -0.25) is 10.1 Å². The molecule has 0 bridgehead atoms. The molecule has 4 heteroatoms. The predicted octanol–water partition coefficient (Wildman–Crippen LogP) is 1.47. The third-order valence-corrected chi connectivity index (χ3v) is 1.32. The zero-order valence-corrected chi connectivity index (χ0v) is 6.52. The fourth-order valence-electron chi connectivity index (χ4n) is 0.797. The lowest BCUT2D eigenvalue weighted by atomic mass is 10.2. The van der Waals surface area contributed by atoms with Gasteiger partial charge >= 0.3 is 0 Å².